The van der Waals surface area contributed by atoms with Gasteiger partial charge in [-0.1, -0.05) is 0 Å². The van der Waals surface area contributed by atoms with E-state index < -0.39 is 0 Å². The Kier molecular flexibility index (Phi) is 6.37. The van der Waals surface area contributed by atoms with Crippen LogP contribution in [0.1, 0.15) is 19.5 Å². The summed E-state index contributed by atoms with van der Waals surface area (Å²) in [6.07, 6.45) is 4.02. The summed E-state index contributed by atoms with van der Waals surface area (Å²) in [4.78, 5) is 6.76. The van der Waals surface area contributed by atoms with Crippen LogP contribution >= 0.6 is 11.8 Å². The van der Waals surface area contributed by atoms with Crippen molar-refractivity contribution >= 4 is 17.4 Å². The molecule has 0 fully saturated rings. The molecule has 1 aromatic rings. The maximum atomic E-state index is 4.42. The fourth-order valence-corrected chi connectivity index (χ4v) is 2.40. The van der Waals surface area contributed by atoms with Crippen molar-refractivity contribution in [1.29, 1.82) is 0 Å². The summed E-state index contributed by atoms with van der Waals surface area (Å²) in [6.45, 7) is 6.21. The third-order valence-corrected chi connectivity index (χ3v) is 3.58. The maximum Gasteiger partial charge on any atom is 0.0564 e. The third-order valence-electron chi connectivity index (χ3n) is 2.77. The first kappa shape index (κ1) is 14.3. The lowest BCUT2D eigenvalue weighted by atomic mass is 10.2. The van der Waals surface area contributed by atoms with Crippen molar-refractivity contribution in [1.82, 2.24) is 9.88 Å². The van der Waals surface area contributed by atoms with Crippen LogP contribution in [0.15, 0.2) is 18.3 Å². The number of pyridine rings is 1. The molecule has 0 amide bonds. The Morgan fingerprint density at radius 1 is 1.53 bits per heavy atom. The first-order chi connectivity index (χ1) is 8.17. The molecule has 1 aromatic heterocycles. The van der Waals surface area contributed by atoms with Crippen LogP contribution in [0.5, 0.6) is 0 Å². The van der Waals surface area contributed by atoms with E-state index in [0.717, 1.165) is 30.2 Å². The summed E-state index contributed by atoms with van der Waals surface area (Å²) in [7, 11) is 2.16. The van der Waals surface area contributed by atoms with E-state index in [2.05, 4.69) is 48.4 Å². The van der Waals surface area contributed by atoms with Gasteiger partial charge in [-0.2, -0.15) is 11.8 Å². The van der Waals surface area contributed by atoms with Gasteiger partial charge in [0.05, 0.1) is 5.69 Å². The van der Waals surface area contributed by atoms with E-state index in [9.17, 15) is 0 Å². The Labute approximate surface area is 109 Å². The lowest BCUT2D eigenvalue weighted by Gasteiger charge is -2.23. The summed E-state index contributed by atoms with van der Waals surface area (Å²) in [5.74, 6) is 1.16. The number of anilines is 1. The minimum atomic E-state index is 0.578. The first-order valence-electron chi connectivity index (χ1n) is 6.05. The molecule has 1 rings (SSSR count). The Bertz CT molecular complexity index is 330. The molecule has 4 heteroatoms. The van der Waals surface area contributed by atoms with Crippen molar-refractivity contribution in [2.24, 2.45) is 0 Å². The van der Waals surface area contributed by atoms with E-state index in [1.165, 1.54) is 0 Å². The van der Waals surface area contributed by atoms with E-state index in [-0.39, 0.29) is 0 Å². The van der Waals surface area contributed by atoms with Crippen LogP contribution in [0.4, 0.5) is 5.69 Å². The van der Waals surface area contributed by atoms with Gasteiger partial charge in [0.25, 0.3) is 0 Å². The van der Waals surface area contributed by atoms with Crippen molar-refractivity contribution in [2.75, 3.05) is 30.9 Å². The van der Waals surface area contributed by atoms with Crippen LogP contribution in [-0.4, -0.2) is 41.5 Å². The highest BCUT2D eigenvalue weighted by atomic mass is 32.2. The second kappa shape index (κ2) is 7.56. The molecule has 3 nitrogen and oxygen atoms in total. The highest BCUT2D eigenvalue weighted by molar-refractivity contribution is 7.98. The molecular formula is C13H23N3S. The first-order valence-corrected chi connectivity index (χ1v) is 7.44. The molecule has 0 aliphatic carbocycles. The quantitative estimate of drug-likeness (QED) is 0.809. The Morgan fingerprint density at radius 3 is 2.94 bits per heavy atom. The third kappa shape index (κ3) is 4.96. The molecule has 1 unspecified atom stereocenters. The monoisotopic (exact) mass is 253 g/mol. The highest BCUT2D eigenvalue weighted by Crippen LogP contribution is 2.11. The van der Waals surface area contributed by atoms with Gasteiger partial charge in [-0.3, -0.25) is 9.88 Å². The minimum Gasteiger partial charge on any atom is -0.385 e. The molecule has 0 saturated carbocycles. The fraction of sp³-hybridized carbons (Fsp3) is 0.615. The minimum absolute atomic E-state index is 0.578. The average molecular weight is 253 g/mol. The van der Waals surface area contributed by atoms with Gasteiger partial charge < -0.3 is 5.32 Å². The maximum absolute atomic E-state index is 4.42. The summed E-state index contributed by atoms with van der Waals surface area (Å²) in [5.41, 5.74) is 2.28. The average Bonchev–Trinajstić information content (AvgIpc) is 2.30. The molecular weight excluding hydrogens is 230 g/mol. The van der Waals surface area contributed by atoms with Gasteiger partial charge in [-0.05, 0) is 39.3 Å². The lowest BCUT2D eigenvalue weighted by Crippen LogP contribution is -2.30. The van der Waals surface area contributed by atoms with Crippen LogP contribution < -0.4 is 5.32 Å². The Balaban J connectivity index is 2.58. The molecule has 0 spiro atoms. The summed E-state index contributed by atoms with van der Waals surface area (Å²) >= 11 is 1.89. The predicted molar refractivity (Wildman–Crippen MR) is 77.7 cm³/mol. The molecule has 0 saturated heterocycles. The molecule has 0 radical (unpaired) electrons. The van der Waals surface area contributed by atoms with Gasteiger partial charge >= 0.3 is 0 Å². The van der Waals surface area contributed by atoms with Crippen molar-refractivity contribution in [2.45, 2.75) is 26.4 Å². The molecule has 0 bridgehead atoms. The number of nitrogens with one attached hydrogen (secondary N) is 1. The van der Waals surface area contributed by atoms with E-state index in [1.807, 2.05) is 24.0 Å². The second-order valence-corrected chi connectivity index (χ2v) is 5.20. The number of rotatable bonds is 7. The smallest absolute Gasteiger partial charge is 0.0564 e. The molecule has 96 valence electrons. The SMILES string of the molecule is CCNc1ccnc(CN(C)C(C)CSC)c1. The zero-order chi connectivity index (χ0) is 12.7. The normalized spacial score (nSPS) is 12.8. The molecule has 1 heterocycles. The summed E-state index contributed by atoms with van der Waals surface area (Å²) < 4.78 is 0. The van der Waals surface area contributed by atoms with Crippen LogP contribution in [0.3, 0.4) is 0 Å². The van der Waals surface area contributed by atoms with Crippen LogP contribution in [-0.2, 0) is 6.54 Å². The molecule has 0 aromatic carbocycles. The summed E-state index contributed by atoms with van der Waals surface area (Å²) in [5, 5.41) is 3.31. The lowest BCUT2D eigenvalue weighted by molar-refractivity contribution is 0.266. The fourth-order valence-electron chi connectivity index (χ4n) is 1.66. The molecule has 1 N–H and O–H groups in total. The van der Waals surface area contributed by atoms with Crippen molar-refractivity contribution in [3.63, 3.8) is 0 Å². The zero-order valence-corrected chi connectivity index (χ0v) is 12.0. The van der Waals surface area contributed by atoms with E-state index in [0.29, 0.717) is 6.04 Å². The van der Waals surface area contributed by atoms with E-state index >= 15 is 0 Å². The van der Waals surface area contributed by atoms with Gasteiger partial charge in [0.15, 0.2) is 0 Å². The van der Waals surface area contributed by atoms with E-state index in [4.69, 9.17) is 0 Å². The van der Waals surface area contributed by atoms with Crippen molar-refractivity contribution in [3.05, 3.63) is 24.0 Å². The van der Waals surface area contributed by atoms with Crippen molar-refractivity contribution < 1.29 is 0 Å². The standard InChI is InChI=1S/C13H23N3S/c1-5-14-12-6-7-15-13(8-12)9-16(3)11(2)10-17-4/h6-8,11H,5,9-10H2,1-4H3,(H,14,15). The number of nitrogens with zero attached hydrogens (tertiary/aromatic N) is 2. The molecule has 0 aliphatic heterocycles. The molecule has 17 heavy (non-hydrogen) atoms. The number of hydrogen-bond acceptors (Lipinski definition) is 4. The largest absolute Gasteiger partial charge is 0.385 e. The van der Waals surface area contributed by atoms with Gasteiger partial charge in [0.2, 0.25) is 0 Å². The summed E-state index contributed by atoms with van der Waals surface area (Å²) in [6, 6.07) is 4.72. The number of thioether (sulfide) groups is 1. The van der Waals surface area contributed by atoms with Crippen LogP contribution in [0, 0.1) is 0 Å². The van der Waals surface area contributed by atoms with Gasteiger partial charge in [-0.15, -0.1) is 0 Å². The van der Waals surface area contributed by atoms with Crippen LogP contribution in [0.25, 0.3) is 0 Å². The van der Waals surface area contributed by atoms with Crippen molar-refractivity contribution in [3.8, 4) is 0 Å². The highest BCUT2D eigenvalue weighted by Gasteiger charge is 2.09. The zero-order valence-electron chi connectivity index (χ0n) is 11.2. The van der Waals surface area contributed by atoms with Gasteiger partial charge in [-0.25, -0.2) is 0 Å². The van der Waals surface area contributed by atoms with Gasteiger partial charge in [0, 0.05) is 36.8 Å². The number of hydrogen-bond donors (Lipinski definition) is 1. The Hall–Kier alpha value is -0.740. The molecule has 0 aliphatic rings. The number of aromatic nitrogens is 1. The second-order valence-electron chi connectivity index (χ2n) is 4.29. The topological polar surface area (TPSA) is 28.2 Å². The predicted octanol–water partition coefficient (Wildman–Crippen LogP) is 2.70. The van der Waals surface area contributed by atoms with E-state index in [1.54, 1.807) is 0 Å². The van der Waals surface area contributed by atoms with Gasteiger partial charge in [0.1, 0.15) is 0 Å². The Morgan fingerprint density at radius 2 is 2.29 bits per heavy atom. The van der Waals surface area contributed by atoms with Crippen LogP contribution in [0.2, 0.25) is 0 Å². The molecule has 1 atom stereocenters.